The molecule has 1 fully saturated rings. The number of nitrogen functional groups attached to an aromatic ring is 1. The average molecular weight is 214 g/mol. The lowest BCUT2D eigenvalue weighted by Crippen LogP contribution is -2.35. The SMILES string of the molecule is Nc1nnc(N2CCC[C@H]2C(=O)O)s1. The summed E-state index contributed by atoms with van der Waals surface area (Å²) >= 11 is 1.22. The second-order valence-electron chi connectivity index (χ2n) is 3.11. The van der Waals surface area contributed by atoms with Crippen LogP contribution in [0.3, 0.4) is 0 Å². The van der Waals surface area contributed by atoms with Crippen LogP contribution in [-0.4, -0.2) is 33.9 Å². The molecule has 1 atom stereocenters. The zero-order valence-corrected chi connectivity index (χ0v) is 8.20. The van der Waals surface area contributed by atoms with Crippen LogP contribution >= 0.6 is 11.3 Å². The van der Waals surface area contributed by atoms with E-state index in [1.165, 1.54) is 11.3 Å². The Bertz CT molecular complexity index is 353. The lowest BCUT2D eigenvalue weighted by molar-refractivity contribution is -0.138. The Hall–Kier alpha value is -1.37. The molecule has 1 aliphatic rings. The van der Waals surface area contributed by atoms with E-state index in [0.29, 0.717) is 23.2 Å². The van der Waals surface area contributed by atoms with Crippen molar-refractivity contribution in [2.75, 3.05) is 17.2 Å². The zero-order chi connectivity index (χ0) is 10.1. The van der Waals surface area contributed by atoms with Gasteiger partial charge in [-0.1, -0.05) is 11.3 Å². The van der Waals surface area contributed by atoms with Gasteiger partial charge < -0.3 is 15.7 Å². The van der Waals surface area contributed by atoms with Gasteiger partial charge in [0.25, 0.3) is 0 Å². The monoisotopic (exact) mass is 214 g/mol. The number of carbonyl (C=O) groups is 1. The summed E-state index contributed by atoms with van der Waals surface area (Å²) in [6.07, 6.45) is 1.53. The first kappa shape index (κ1) is 9.20. The molecule has 76 valence electrons. The Labute approximate surface area is 84.4 Å². The van der Waals surface area contributed by atoms with Gasteiger partial charge in [-0.05, 0) is 12.8 Å². The Balaban J connectivity index is 2.21. The summed E-state index contributed by atoms with van der Waals surface area (Å²) in [5.74, 6) is -0.809. The molecule has 0 aromatic carbocycles. The average Bonchev–Trinajstić information content (AvgIpc) is 2.70. The second kappa shape index (κ2) is 3.41. The highest BCUT2D eigenvalue weighted by Gasteiger charge is 2.32. The molecule has 3 N–H and O–H groups in total. The molecule has 7 heteroatoms. The summed E-state index contributed by atoms with van der Waals surface area (Å²) in [5, 5.41) is 17.4. The van der Waals surface area contributed by atoms with E-state index < -0.39 is 12.0 Å². The topological polar surface area (TPSA) is 92.3 Å². The quantitative estimate of drug-likeness (QED) is 0.729. The van der Waals surface area contributed by atoms with Gasteiger partial charge in [-0.15, -0.1) is 10.2 Å². The third-order valence-electron chi connectivity index (χ3n) is 2.21. The first-order valence-electron chi connectivity index (χ1n) is 4.27. The summed E-state index contributed by atoms with van der Waals surface area (Å²) < 4.78 is 0. The maximum atomic E-state index is 10.9. The molecule has 0 amide bonds. The Morgan fingerprint density at radius 1 is 1.64 bits per heavy atom. The van der Waals surface area contributed by atoms with Crippen molar-refractivity contribution in [3.05, 3.63) is 0 Å². The number of carboxylic acid groups (broad SMARTS) is 1. The van der Waals surface area contributed by atoms with Crippen molar-refractivity contribution >= 4 is 27.6 Å². The maximum absolute atomic E-state index is 10.9. The Morgan fingerprint density at radius 3 is 3.00 bits per heavy atom. The van der Waals surface area contributed by atoms with Crippen LogP contribution in [0.25, 0.3) is 0 Å². The number of anilines is 2. The number of aliphatic carboxylic acids is 1. The van der Waals surface area contributed by atoms with Crippen LogP contribution in [0.4, 0.5) is 10.3 Å². The molecule has 14 heavy (non-hydrogen) atoms. The van der Waals surface area contributed by atoms with E-state index in [2.05, 4.69) is 10.2 Å². The summed E-state index contributed by atoms with van der Waals surface area (Å²) in [7, 11) is 0. The van der Waals surface area contributed by atoms with Crippen molar-refractivity contribution in [3.8, 4) is 0 Å². The highest BCUT2D eigenvalue weighted by molar-refractivity contribution is 7.18. The maximum Gasteiger partial charge on any atom is 0.326 e. The summed E-state index contributed by atoms with van der Waals surface area (Å²) in [6.45, 7) is 0.714. The normalized spacial score (nSPS) is 21.4. The number of hydrogen-bond donors (Lipinski definition) is 2. The predicted octanol–water partition coefficient (Wildman–Crippen LogP) is 0.174. The van der Waals surface area contributed by atoms with Crippen molar-refractivity contribution in [3.63, 3.8) is 0 Å². The number of nitrogens with zero attached hydrogens (tertiary/aromatic N) is 3. The van der Waals surface area contributed by atoms with Gasteiger partial charge in [0, 0.05) is 6.54 Å². The van der Waals surface area contributed by atoms with Crippen LogP contribution in [0.15, 0.2) is 0 Å². The lowest BCUT2D eigenvalue weighted by Gasteiger charge is -2.18. The molecule has 0 aliphatic carbocycles. The van der Waals surface area contributed by atoms with E-state index in [4.69, 9.17) is 10.8 Å². The molecular formula is C7H10N4O2S. The fraction of sp³-hybridized carbons (Fsp3) is 0.571. The minimum Gasteiger partial charge on any atom is -0.480 e. The minimum atomic E-state index is -0.809. The van der Waals surface area contributed by atoms with E-state index in [-0.39, 0.29) is 0 Å². The molecule has 0 unspecified atom stereocenters. The molecule has 1 aliphatic heterocycles. The predicted molar refractivity (Wildman–Crippen MR) is 52.3 cm³/mol. The van der Waals surface area contributed by atoms with Crippen LogP contribution in [0.2, 0.25) is 0 Å². The summed E-state index contributed by atoms with van der Waals surface area (Å²) in [6, 6.07) is -0.470. The first-order chi connectivity index (χ1) is 6.68. The van der Waals surface area contributed by atoms with Crippen LogP contribution in [0, 0.1) is 0 Å². The largest absolute Gasteiger partial charge is 0.480 e. The first-order valence-corrected chi connectivity index (χ1v) is 5.08. The van der Waals surface area contributed by atoms with Gasteiger partial charge in [-0.2, -0.15) is 0 Å². The second-order valence-corrected chi connectivity index (χ2v) is 4.10. The molecule has 6 nitrogen and oxygen atoms in total. The van der Waals surface area contributed by atoms with Gasteiger partial charge >= 0.3 is 5.97 Å². The fourth-order valence-corrected chi connectivity index (χ4v) is 2.28. The molecule has 0 bridgehead atoms. The van der Waals surface area contributed by atoms with E-state index in [1.54, 1.807) is 4.90 Å². The van der Waals surface area contributed by atoms with Crippen LogP contribution in [0.5, 0.6) is 0 Å². The Kier molecular flexibility index (Phi) is 2.24. The van der Waals surface area contributed by atoms with E-state index in [0.717, 1.165) is 6.42 Å². The van der Waals surface area contributed by atoms with Gasteiger partial charge in [0.05, 0.1) is 0 Å². The van der Waals surface area contributed by atoms with Gasteiger partial charge in [-0.3, -0.25) is 0 Å². The van der Waals surface area contributed by atoms with Crippen LogP contribution in [0.1, 0.15) is 12.8 Å². The number of hydrogen-bond acceptors (Lipinski definition) is 6. The molecule has 1 aromatic heterocycles. The van der Waals surface area contributed by atoms with Gasteiger partial charge in [0.15, 0.2) is 0 Å². The molecule has 0 saturated carbocycles. The number of rotatable bonds is 2. The van der Waals surface area contributed by atoms with Crippen molar-refractivity contribution in [1.29, 1.82) is 0 Å². The standard InChI is InChI=1S/C7H10N4O2S/c8-6-9-10-7(14-6)11-3-1-2-4(11)5(12)13/h4H,1-3H2,(H2,8,9)(H,12,13)/t4-/m0/s1. The molecule has 1 aromatic rings. The van der Waals surface area contributed by atoms with Crippen molar-refractivity contribution in [2.24, 2.45) is 0 Å². The van der Waals surface area contributed by atoms with Crippen LogP contribution in [-0.2, 0) is 4.79 Å². The lowest BCUT2D eigenvalue weighted by atomic mass is 10.2. The minimum absolute atomic E-state index is 0.371. The van der Waals surface area contributed by atoms with Crippen LogP contribution < -0.4 is 10.6 Å². The molecule has 0 radical (unpaired) electrons. The van der Waals surface area contributed by atoms with Crippen molar-refractivity contribution < 1.29 is 9.90 Å². The molecule has 1 saturated heterocycles. The molecule has 2 rings (SSSR count). The smallest absolute Gasteiger partial charge is 0.326 e. The van der Waals surface area contributed by atoms with E-state index in [1.807, 2.05) is 0 Å². The third-order valence-corrected chi connectivity index (χ3v) is 3.00. The summed E-state index contributed by atoms with van der Waals surface area (Å²) in [5.41, 5.74) is 5.44. The van der Waals surface area contributed by atoms with Gasteiger partial charge in [-0.25, -0.2) is 4.79 Å². The zero-order valence-electron chi connectivity index (χ0n) is 7.38. The molecular weight excluding hydrogens is 204 g/mol. The number of carboxylic acids is 1. The van der Waals surface area contributed by atoms with Gasteiger partial charge in [0.1, 0.15) is 6.04 Å². The highest BCUT2D eigenvalue weighted by atomic mass is 32.1. The van der Waals surface area contributed by atoms with Gasteiger partial charge in [0.2, 0.25) is 10.3 Å². The summed E-state index contributed by atoms with van der Waals surface area (Å²) in [4.78, 5) is 12.6. The molecule has 0 spiro atoms. The fourth-order valence-electron chi connectivity index (χ4n) is 1.59. The highest BCUT2D eigenvalue weighted by Crippen LogP contribution is 2.29. The van der Waals surface area contributed by atoms with E-state index in [9.17, 15) is 4.79 Å². The van der Waals surface area contributed by atoms with Crippen molar-refractivity contribution in [1.82, 2.24) is 10.2 Å². The van der Waals surface area contributed by atoms with Crippen molar-refractivity contribution in [2.45, 2.75) is 18.9 Å². The number of nitrogens with two attached hydrogens (primary N) is 1. The third kappa shape index (κ3) is 1.50. The Morgan fingerprint density at radius 2 is 2.43 bits per heavy atom. The molecule has 2 heterocycles. The van der Waals surface area contributed by atoms with E-state index >= 15 is 0 Å². The number of aromatic nitrogens is 2.